The van der Waals surface area contributed by atoms with Gasteiger partial charge in [-0.3, -0.25) is 9.59 Å². The van der Waals surface area contributed by atoms with Gasteiger partial charge in [0, 0.05) is 19.4 Å². The average molecular weight is 865 g/mol. The highest BCUT2D eigenvalue weighted by Gasteiger charge is 2.17. The van der Waals surface area contributed by atoms with E-state index in [2.05, 4.69) is 37.9 Å². The molecule has 0 aromatic heterocycles. The van der Waals surface area contributed by atoms with Crippen LogP contribution in [0.4, 0.5) is 4.79 Å². The molecule has 0 bridgehead atoms. The summed E-state index contributed by atoms with van der Waals surface area (Å²) in [4.78, 5) is 40.0. The zero-order valence-corrected chi connectivity index (χ0v) is 41.8. The third kappa shape index (κ3) is 43.2. The zero-order chi connectivity index (χ0) is 45.1. The van der Waals surface area contributed by atoms with Gasteiger partial charge in [0.2, 0.25) is 0 Å². The monoisotopic (exact) mass is 865 g/mol. The number of esters is 2. The molecule has 61 heavy (non-hydrogen) atoms. The molecule has 0 fully saturated rings. The Bertz CT molecular complexity index is 968. The number of carbonyl (C=O) groups is 3. The van der Waals surface area contributed by atoms with Gasteiger partial charge in [-0.2, -0.15) is 0 Å². The number of alkyl carbamates (subject to hydrolysis) is 1. The molecule has 1 amide bonds. The Morgan fingerprint density at radius 2 is 0.787 bits per heavy atom. The quantitative estimate of drug-likeness (QED) is 0.0370. The van der Waals surface area contributed by atoms with Crippen molar-refractivity contribution >= 4 is 18.0 Å². The summed E-state index contributed by atoms with van der Waals surface area (Å²) in [5, 5.41) is 2.90. The first-order valence-electron chi connectivity index (χ1n) is 26.6. The van der Waals surface area contributed by atoms with Crippen LogP contribution in [0.1, 0.15) is 280 Å². The minimum absolute atomic E-state index is 0.0122. The van der Waals surface area contributed by atoms with Gasteiger partial charge in [-0.05, 0) is 124 Å². The maximum atomic E-state index is 12.9. The second kappa shape index (κ2) is 43.4. The number of rotatable bonds is 45. The summed E-state index contributed by atoms with van der Waals surface area (Å²) in [5.74, 6) is -0.00508. The van der Waals surface area contributed by atoms with E-state index in [9.17, 15) is 14.4 Å². The summed E-state index contributed by atoms with van der Waals surface area (Å²) in [7, 11) is 0. The zero-order valence-electron chi connectivity index (χ0n) is 41.8. The van der Waals surface area contributed by atoms with Crippen molar-refractivity contribution in [3.8, 4) is 0 Å². The number of amides is 1. The molecule has 0 aromatic rings. The SMILES string of the molecule is CCCCCCCCC(CC)OC(=O)CCCCCCCN(CCCCCCCC(=O)OC(CCCCCCCC)CCCCCCCC)CCCCNC(=O)OC(C)(C)C. The van der Waals surface area contributed by atoms with Gasteiger partial charge >= 0.3 is 18.0 Å². The Morgan fingerprint density at radius 3 is 1.20 bits per heavy atom. The van der Waals surface area contributed by atoms with E-state index < -0.39 is 5.60 Å². The van der Waals surface area contributed by atoms with Crippen LogP contribution in [0.3, 0.4) is 0 Å². The normalized spacial score (nSPS) is 12.3. The van der Waals surface area contributed by atoms with E-state index in [0.717, 1.165) is 110 Å². The number of hydrogen-bond donors (Lipinski definition) is 1. The molecular weight excluding hydrogens is 761 g/mol. The first-order chi connectivity index (χ1) is 29.5. The molecule has 0 aliphatic carbocycles. The summed E-state index contributed by atoms with van der Waals surface area (Å²) in [5.41, 5.74) is -0.485. The fourth-order valence-corrected chi connectivity index (χ4v) is 8.13. The van der Waals surface area contributed by atoms with Gasteiger partial charge in [-0.1, -0.05) is 163 Å². The van der Waals surface area contributed by atoms with Crippen molar-refractivity contribution in [2.75, 3.05) is 26.2 Å². The predicted octanol–water partition coefficient (Wildman–Crippen LogP) is 15.8. The molecule has 0 saturated carbocycles. The second-order valence-corrected chi connectivity index (χ2v) is 19.3. The molecule has 0 radical (unpaired) electrons. The number of nitrogens with one attached hydrogen (secondary N) is 1. The molecule has 1 N–H and O–H groups in total. The standard InChI is InChI=1S/C53H104N2O6/c1-8-12-15-18-23-30-39-48(11-4)59-50(56)42-33-26-21-28-36-45-55(47-38-35-44-54-52(58)61-53(5,6)7)46-37-29-22-27-34-43-51(57)60-49(40-31-24-19-16-13-9-2)41-32-25-20-17-14-10-3/h48-49H,8-47H2,1-7H3,(H,54,58). The van der Waals surface area contributed by atoms with Gasteiger partial charge in [0.25, 0.3) is 0 Å². The predicted molar refractivity (Wildman–Crippen MR) is 259 cm³/mol. The summed E-state index contributed by atoms with van der Waals surface area (Å²) < 4.78 is 17.3. The molecule has 0 aromatic carbocycles. The number of ether oxygens (including phenoxy) is 3. The number of unbranched alkanes of at least 4 members (excludes halogenated alkanes) is 24. The van der Waals surface area contributed by atoms with Crippen LogP contribution in [0.2, 0.25) is 0 Å². The lowest BCUT2D eigenvalue weighted by molar-refractivity contribution is -0.150. The van der Waals surface area contributed by atoms with Crippen molar-refractivity contribution in [2.45, 2.75) is 297 Å². The van der Waals surface area contributed by atoms with Crippen molar-refractivity contribution in [1.82, 2.24) is 10.2 Å². The smallest absolute Gasteiger partial charge is 0.407 e. The molecule has 0 heterocycles. The molecule has 1 unspecified atom stereocenters. The van der Waals surface area contributed by atoms with Gasteiger partial charge in [-0.25, -0.2) is 4.79 Å². The molecule has 0 saturated heterocycles. The largest absolute Gasteiger partial charge is 0.462 e. The van der Waals surface area contributed by atoms with E-state index >= 15 is 0 Å². The minimum atomic E-state index is -0.485. The molecule has 0 aliphatic rings. The number of hydrogen-bond acceptors (Lipinski definition) is 7. The van der Waals surface area contributed by atoms with E-state index in [0.29, 0.717) is 19.4 Å². The molecular formula is C53H104N2O6. The summed E-state index contributed by atoms with van der Waals surface area (Å²) in [6.45, 7) is 18.4. The topological polar surface area (TPSA) is 94.2 Å². The third-order valence-electron chi connectivity index (χ3n) is 12.0. The van der Waals surface area contributed by atoms with Crippen molar-refractivity contribution in [3.05, 3.63) is 0 Å². The van der Waals surface area contributed by atoms with Crippen LogP contribution in [0.15, 0.2) is 0 Å². The fourth-order valence-electron chi connectivity index (χ4n) is 8.13. The van der Waals surface area contributed by atoms with Gasteiger partial charge < -0.3 is 24.4 Å². The Balaban J connectivity index is 4.57. The molecule has 1 atom stereocenters. The first-order valence-corrected chi connectivity index (χ1v) is 26.6. The Kier molecular flexibility index (Phi) is 42.1. The Labute approximate surface area is 379 Å². The summed E-state index contributed by atoms with van der Waals surface area (Å²) >= 11 is 0. The minimum Gasteiger partial charge on any atom is -0.462 e. The number of carbonyl (C=O) groups excluding carboxylic acids is 3. The van der Waals surface area contributed by atoms with E-state index in [1.54, 1.807) is 0 Å². The molecule has 8 nitrogen and oxygen atoms in total. The van der Waals surface area contributed by atoms with Crippen LogP contribution in [-0.2, 0) is 23.8 Å². The number of nitrogens with zero attached hydrogens (tertiary/aromatic N) is 1. The maximum Gasteiger partial charge on any atom is 0.407 e. The highest BCUT2D eigenvalue weighted by Crippen LogP contribution is 2.19. The molecule has 0 spiro atoms. The first kappa shape index (κ1) is 59.2. The Hall–Kier alpha value is -1.83. The average Bonchev–Trinajstić information content (AvgIpc) is 3.22. The van der Waals surface area contributed by atoms with Crippen LogP contribution in [0.25, 0.3) is 0 Å². The van der Waals surface area contributed by atoms with Crippen molar-refractivity contribution in [3.63, 3.8) is 0 Å². The molecule has 8 heteroatoms. The summed E-state index contributed by atoms with van der Waals surface area (Å²) in [6, 6.07) is 0. The van der Waals surface area contributed by atoms with Gasteiger partial charge in [0.15, 0.2) is 0 Å². The van der Waals surface area contributed by atoms with E-state index in [1.807, 2.05) is 20.8 Å². The van der Waals surface area contributed by atoms with Crippen LogP contribution >= 0.6 is 0 Å². The van der Waals surface area contributed by atoms with E-state index in [4.69, 9.17) is 14.2 Å². The Morgan fingerprint density at radius 1 is 0.443 bits per heavy atom. The van der Waals surface area contributed by atoms with Gasteiger partial charge in [-0.15, -0.1) is 0 Å². The van der Waals surface area contributed by atoms with Crippen molar-refractivity contribution in [1.29, 1.82) is 0 Å². The van der Waals surface area contributed by atoms with Crippen molar-refractivity contribution < 1.29 is 28.6 Å². The maximum absolute atomic E-state index is 12.9. The van der Waals surface area contributed by atoms with Crippen LogP contribution in [0.5, 0.6) is 0 Å². The van der Waals surface area contributed by atoms with Gasteiger partial charge in [0.05, 0.1) is 0 Å². The molecule has 362 valence electrons. The molecule has 0 rings (SSSR count). The second-order valence-electron chi connectivity index (χ2n) is 19.3. The van der Waals surface area contributed by atoms with Crippen LogP contribution in [-0.4, -0.2) is 66.9 Å². The highest BCUT2D eigenvalue weighted by molar-refractivity contribution is 5.69. The fraction of sp³-hybridized carbons (Fsp3) is 0.943. The van der Waals surface area contributed by atoms with Gasteiger partial charge in [0.1, 0.15) is 17.8 Å². The molecule has 0 aliphatic heterocycles. The summed E-state index contributed by atoms with van der Waals surface area (Å²) in [6.07, 6.45) is 40.8. The lowest BCUT2D eigenvalue weighted by Crippen LogP contribution is -2.33. The van der Waals surface area contributed by atoms with Crippen LogP contribution in [0, 0.1) is 0 Å². The lowest BCUT2D eigenvalue weighted by Gasteiger charge is -2.23. The lowest BCUT2D eigenvalue weighted by atomic mass is 10.0. The third-order valence-corrected chi connectivity index (χ3v) is 12.0. The van der Waals surface area contributed by atoms with E-state index in [1.165, 1.54) is 128 Å². The van der Waals surface area contributed by atoms with Crippen molar-refractivity contribution in [2.24, 2.45) is 0 Å². The van der Waals surface area contributed by atoms with Crippen LogP contribution < -0.4 is 5.32 Å². The van der Waals surface area contributed by atoms with E-state index in [-0.39, 0.29) is 30.2 Å². The highest BCUT2D eigenvalue weighted by atomic mass is 16.6.